The zero-order valence-electron chi connectivity index (χ0n) is 10.2. The van der Waals surface area contributed by atoms with E-state index in [1.165, 1.54) is 4.88 Å². The van der Waals surface area contributed by atoms with Gasteiger partial charge in [-0.05, 0) is 32.4 Å². The van der Waals surface area contributed by atoms with Crippen LogP contribution >= 0.6 is 22.9 Å². The van der Waals surface area contributed by atoms with Crippen molar-refractivity contribution in [1.82, 2.24) is 5.32 Å². The van der Waals surface area contributed by atoms with Crippen LogP contribution in [0.1, 0.15) is 32.1 Å². The fraction of sp³-hybridized carbons (Fsp3) is 0.667. The monoisotopic (exact) mass is 261 g/mol. The van der Waals surface area contributed by atoms with Gasteiger partial charge in [-0.15, -0.1) is 11.3 Å². The lowest BCUT2D eigenvalue weighted by Gasteiger charge is -2.23. The summed E-state index contributed by atoms with van der Waals surface area (Å²) in [5.74, 6) is 0. The van der Waals surface area contributed by atoms with Gasteiger partial charge in [-0.1, -0.05) is 18.5 Å². The van der Waals surface area contributed by atoms with Crippen LogP contribution in [-0.2, 0) is 11.3 Å². The second-order valence-corrected chi connectivity index (χ2v) is 6.14. The third-order valence-corrected chi connectivity index (χ3v) is 3.78. The van der Waals surface area contributed by atoms with E-state index in [0.29, 0.717) is 0 Å². The van der Waals surface area contributed by atoms with Crippen LogP contribution in [0.15, 0.2) is 12.1 Å². The molecule has 0 aliphatic heterocycles. The largest absolute Gasteiger partial charge is 0.374 e. The summed E-state index contributed by atoms with van der Waals surface area (Å²) >= 11 is 7.46. The molecule has 1 rings (SSSR count). The maximum Gasteiger partial charge on any atom is 0.0931 e. The summed E-state index contributed by atoms with van der Waals surface area (Å²) in [6.45, 7) is 8.87. The first-order valence-electron chi connectivity index (χ1n) is 5.62. The molecule has 16 heavy (non-hydrogen) atoms. The van der Waals surface area contributed by atoms with E-state index >= 15 is 0 Å². The van der Waals surface area contributed by atoms with Crippen molar-refractivity contribution in [2.75, 3.05) is 13.2 Å². The third-order valence-electron chi connectivity index (χ3n) is 2.55. The van der Waals surface area contributed by atoms with Crippen LogP contribution < -0.4 is 5.32 Å². The lowest BCUT2D eigenvalue weighted by Crippen LogP contribution is -2.28. The Morgan fingerprint density at radius 2 is 2.19 bits per heavy atom. The molecule has 0 spiro atoms. The molecule has 92 valence electrons. The molecule has 0 bridgehead atoms. The molecule has 0 aliphatic carbocycles. The van der Waals surface area contributed by atoms with E-state index in [1.54, 1.807) is 11.3 Å². The molecule has 0 atom stereocenters. The van der Waals surface area contributed by atoms with Gasteiger partial charge in [0, 0.05) is 18.0 Å². The van der Waals surface area contributed by atoms with E-state index in [0.717, 1.165) is 30.5 Å². The second kappa shape index (κ2) is 6.60. The van der Waals surface area contributed by atoms with Gasteiger partial charge in [0.1, 0.15) is 0 Å². The highest BCUT2D eigenvalue weighted by atomic mass is 35.5. The number of thiophene rings is 1. The Labute approximate surface area is 107 Å². The summed E-state index contributed by atoms with van der Waals surface area (Å²) in [6.07, 6.45) is 1.04. The van der Waals surface area contributed by atoms with E-state index in [-0.39, 0.29) is 5.60 Å². The molecule has 0 aromatic carbocycles. The minimum Gasteiger partial charge on any atom is -0.374 e. The van der Waals surface area contributed by atoms with Crippen molar-refractivity contribution < 1.29 is 4.74 Å². The summed E-state index contributed by atoms with van der Waals surface area (Å²) in [6, 6.07) is 3.98. The fourth-order valence-electron chi connectivity index (χ4n) is 1.16. The number of halogens is 1. The van der Waals surface area contributed by atoms with Crippen molar-refractivity contribution in [2.24, 2.45) is 0 Å². The second-order valence-electron chi connectivity index (χ2n) is 4.34. The predicted molar refractivity (Wildman–Crippen MR) is 71.4 cm³/mol. The number of nitrogens with one attached hydrogen (secondary N) is 1. The first-order valence-corrected chi connectivity index (χ1v) is 6.82. The van der Waals surface area contributed by atoms with Crippen LogP contribution in [0, 0.1) is 0 Å². The van der Waals surface area contributed by atoms with Crippen LogP contribution in [0.3, 0.4) is 0 Å². The molecule has 0 fully saturated rings. The highest BCUT2D eigenvalue weighted by Gasteiger charge is 2.14. The maximum absolute atomic E-state index is 5.85. The first-order chi connectivity index (χ1) is 7.53. The van der Waals surface area contributed by atoms with Gasteiger partial charge in [0.2, 0.25) is 0 Å². The normalized spacial score (nSPS) is 12.0. The Bertz CT molecular complexity index is 312. The lowest BCUT2D eigenvalue weighted by atomic mass is 10.1. The average Bonchev–Trinajstić information content (AvgIpc) is 2.64. The topological polar surface area (TPSA) is 21.3 Å². The SMILES string of the molecule is CCC(C)(C)OCCNCc1ccc(Cl)s1. The molecule has 2 nitrogen and oxygen atoms in total. The molecule has 4 heteroatoms. The van der Waals surface area contributed by atoms with Crippen molar-refractivity contribution in [3.05, 3.63) is 21.3 Å². The van der Waals surface area contributed by atoms with Gasteiger partial charge >= 0.3 is 0 Å². The smallest absolute Gasteiger partial charge is 0.0931 e. The van der Waals surface area contributed by atoms with Crippen LogP contribution in [0.5, 0.6) is 0 Å². The van der Waals surface area contributed by atoms with E-state index in [9.17, 15) is 0 Å². The van der Waals surface area contributed by atoms with Crippen LogP contribution in [-0.4, -0.2) is 18.8 Å². The molecular weight excluding hydrogens is 242 g/mol. The standard InChI is InChI=1S/C12H20ClNOS/c1-4-12(2,3)15-8-7-14-9-10-5-6-11(13)16-10/h5-6,14H,4,7-9H2,1-3H3. The lowest BCUT2D eigenvalue weighted by molar-refractivity contribution is -0.0180. The van der Waals surface area contributed by atoms with Gasteiger partial charge in [-0.25, -0.2) is 0 Å². The van der Waals surface area contributed by atoms with Gasteiger partial charge < -0.3 is 10.1 Å². The summed E-state index contributed by atoms with van der Waals surface area (Å²) in [7, 11) is 0. The number of hydrogen-bond donors (Lipinski definition) is 1. The third kappa shape index (κ3) is 5.30. The number of hydrogen-bond acceptors (Lipinski definition) is 3. The molecule has 1 heterocycles. The molecule has 0 radical (unpaired) electrons. The van der Waals surface area contributed by atoms with E-state index in [1.807, 2.05) is 6.07 Å². The van der Waals surface area contributed by atoms with E-state index in [4.69, 9.17) is 16.3 Å². The van der Waals surface area contributed by atoms with Crippen molar-refractivity contribution in [3.8, 4) is 0 Å². The Kier molecular flexibility index (Phi) is 5.76. The number of rotatable bonds is 7. The summed E-state index contributed by atoms with van der Waals surface area (Å²) in [5, 5.41) is 3.34. The van der Waals surface area contributed by atoms with E-state index in [2.05, 4.69) is 32.2 Å². The Morgan fingerprint density at radius 1 is 1.44 bits per heavy atom. The quantitative estimate of drug-likeness (QED) is 0.756. The fourth-order valence-corrected chi connectivity index (χ4v) is 2.22. The van der Waals surface area contributed by atoms with Crippen LogP contribution in [0.4, 0.5) is 0 Å². The predicted octanol–water partition coefficient (Wildman–Crippen LogP) is 3.70. The first kappa shape index (κ1) is 14.0. The van der Waals surface area contributed by atoms with Gasteiger partial charge in [0.15, 0.2) is 0 Å². The maximum atomic E-state index is 5.85. The number of ether oxygens (including phenoxy) is 1. The Hall–Kier alpha value is -0.0900. The molecular formula is C12H20ClNOS. The minimum absolute atomic E-state index is 0.00603. The van der Waals surface area contributed by atoms with Crippen molar-refractivity contribution in [3.63, 3.8) is 0 Å². The van der Waals surface area contributed by atoms with Crippen molar-refractivity contribution in [1.29, 1.82) is 0 Å². The van der Waals surface area contributed by atoms with Crippen LogP contribution in [0.25, 0.3) is 0 Å². The summed E-state index contributed by atoms with van der Waals surface area (Å²) < 4.78 is 6.58. The Balaban J connectivity index is 2.08. The molecule has 1 aromatic heterocycles. The highest BCUT2D eigenvalue weighted by molar-refractivity contribution is 7.16. The van der Waals surface area contributed by atoms with Gasteiger partial charge in [-0.2, -0.15) is 0 Å². The Morgan fingerprint density at radius 3 is 2.75 bits per heavy atom. The molecule has 0 saturated heterocycles. The minimum atomic E-state index is -0.00603. The van der Waals surface area contributed by atoms with Gasteiger partial charge in [0.25, 0.3) is 0 Å². The summed E-state index contributed by atoms with van der Waals surface area (Å²) in [4.78, 5) is 1.26. The molecule has 0 aliphatic rings. The molecule has 0 amide bonds. The van der Waals surface area contributed by atoms with Crippen molar-refractivity contribution in [2.45, 2.75) is 39.3 Å². The van der Waals surface area contributed by atoms with E-state index < -0.39 is 0 Å². The zero-order valence-corrected chi connectivity index (χ0v) is 11.8. The zero-order chi connectivity index (χ0) is 12.0. The average molecular weight is 262 g/mol. The highest BCUT2D eigenvalue weighted by Crippen LogP contribution is 2.20. The molecule has 1 N–H and O–H groups in total. The van der Waals surface area contributed by atoms with Gasteiger partial charge in [0.05, 0.1) is 16.5 Å². The summed E-state index contributed by atoms with van der Waals surface area (Å²) in [5.41, 5.74) is -0.00603. The van der Waals surface area contributed by atoms with Gasteiger partial charge in [-0.3, -0.25) is 0 Å². The molecule has 0 unspecified atom stereocenters. The van der Waals surface area contributed by atoms with Crippen molar-refractivity contribution >= 4 is 22.9 Å². The van der Waals surface area contributed by atoms with Crippen LogP contribution in [0.2, 0.25) is 4.34 Å². The molecule has 0 saturated carbocycles. The molecule has 1 aromatic rings.